The Morgan fingerprint density at radius 1 is 1.37 bits per heavy atom. The van der Waals surface area contributed by atoms with E-state index < -0.39 is 6.10 Å². The molecule has 5 heteroatoms. The van der Waals surface area contributed by atoms with E-state index in [0.717, 1.165) is 24.1 Å². The van der Waals surface area contributed by atoms with Gasteiger partial charge < -0.3 is 20.9 Å². The Hall–Kier alpha value is -1.43. The van der Waals surface area contributed by atoms with Crippen molar-refractivity contribution in [3.05, 3.63) is 29.8 Å². The van der Waals surface area contributed by atoms with Crippen LogP contribution in [-0.4, -0.2) is 36.4 Å². The lowest BCUT2D eigenvalue weighted by Crippen LogP contribution is -2.29. The Balaban J connectivity index is 1.88. The summed E-state index contributed by atoms with van der Waals surface area (Å²) < 4.78 is 5.54. The number of benzene rings is 1. The van der Waals surface area contributed by atoms with Gasteiger partial charge in [-0.2, -0.15) is 0 Å². The highest BCUT2D eigenvalue weighted by molar-refractivity contribution is 5.94. The maximum atomic E-state index is 12.0. The molecule has 1 aliphatic rings. The molecule has 4 N–H and O–H groups in total. The number of rotatable bonds is 5. The first-order valence-electron chi connectivity index (χ1n) is 6.59. The fourth-order valence-corrected chi connectivity index (χ4v) is 2.18. The molecule has 1 aromatic carbocycles. The molecule has 1 fully saturated rings. The molecule has 1 amide bonds. The summed E-state index contributed by atoms with van der Waals surface area (Å²) in [6.07, 6.45) is 1.78. The maximum Gasteiger partial charge on any atom is 0.253 e. The van der Waals surface area contributed by atoms with Crippen LogP contribution in [0.5, 0.6) is 0 Å². The standard InChI is InChI=1S/C14H20N2O3/c15-9-12-5-6-13(19-12)14(18)16-11-3-1-10(2-4-11)7-8-17/h1-4,12-13,17H,5-9,15H2,(H,16,18)/t12-,13+/m1/s1. The van der Waals surface area contributed by atoms with Crippen molar-refractivity contribution in [1.82, 2.24) is 0 Å². The van der Waals surface area contributed by atoms with E-state index in [-0.39, 0.29) is 18.6 Å². The number of hydrogen-bond donors (Lipinski definition) is 3. The molecular weight excluding hydrogens is 244 g/mol. The molecule has 0 radical (unpaired) electrons. The van der Waals surface area contributed by atoms with Gasteiger partial charge in [0.1, 0.15) is 6.10 Å². The third kappa shape index (κ3) is 3.76. The van der Waals surface area contributed by atoms with Crippen molar-refractivity contribution < 1.29 is 14.6 Å². The highest BCUT2D eigenvalue weighted by Gasteiger charge is 2.29. The second-order valence-electron chi connectivity index (χ2n) is 4.72. The maximum absolute atomic E-state index is 12.0. The van der Waals surface area contributed by atoms with Crippen molar-refractivity contribution in [3.63, 3.8) is 0 Å². The van der Waals surface area contributed by atoms with Crippen molar-refractivity contribution in [2.75, 3.05) is 18.5 Å². The lowest BCUT2D eigenvalue weighted by Gasteiger charge is -2.13. The van der Waals surface area contributed by atoms with Gasteiger partial charge in [-0.25, -0.2) is 0 Å². The average molecular weight is 264 g/mol. The highest BCUT2D eigenvalue weighted by Crippen LogP contribution is 2.20. The number of aliphatic hydroxyl groups excluding tert-OH is 1. The number of nitrogens with two attached hydrogens (primary N) is 1. The van der Waals surface area contributed by atoms with Gasteiger partial charge >= 0.3 is 0 Å². The van der Waals surface area contributed by atoms with Gasteiger partial charge in [-0.15, -0.1) is 0 Å². The summed E-state index contributed by atoms with van der Waals surface area (Å²) >= 11 is 0. The van der Waals surface area contributed by atoms with Crippen molar-refractivity contribution >= 4 is 11.6 Å². The summed E-state index contributed by atoms with van der Waals surface area (Å²) in [5.41, 5.74) is 7.30. The number of carbonyl (C=O) groups excluding carboxylic acids is 1. The molecule has 1 aromatic rings. The van der Waals surface area contributed by atoms with E-state index in [1.165, 1.54) is 0 Å². The number of hydrogen-bond acceptors (Lipinski definition) is 4. The zero-order chi connectivity index (χ0) is 13.7. The third-order valence-corrected chi connectivity index (χ3v) is 3.28. The quantitative estimate of drug-likeness (QED) is 0.729. The number of carbonyl (C=O) groups is 1. The molecule has 0 saturated carbocycles. The van der Waals surface area contributed by atoms with Gasteiger partial charge in [-0.05, 0) is 37.0 Å². The van der Waals surface area contributed by atoms with E-state index in [0.29, 0.717) is 13.0 Å². The van der Waals surface area contributed by atoms with Crippen molar-refractivity contribution in [2.45, 2.75) is 31.5 Å². The topological polar surface area (TPSA) is 84.6 Å². The minimum atomic E-state index is -0.398. The van der Waals surface area contributed by atoms with Crippen LogP contribution in [0.3, 0.4) is 0 Å². The van der Waals surface area contributed by atoms with Crippen LogP contribution in [0.15, 0.2) is 24.3 Å². The zero-order valence-electron chi connectivity index (χ0n) is 10.8. The Morgan fingerprint density at radius 2 is 2.11 bits per heavy atom. The van der Waals surface area contributed by atoms with Gasteiger partial charge in [0.25, 0.3) is 5.91 Å². The summed E-state index contributed by atoms with van der Waals surface area (Å²) in [6, 6.07) is 7.45. The molecular formula is C14H20N2O3. The number of amides is 1. The first kappa shape index (κ1) is 14.0. The van der Waals surface area contributed by atoms with Gasteiger partial charge in [0.05, 0.1) is 6.10 Å². The van der Waals surface area contributed by atoms with Gasteiger partial charge in [-0.1, -0.05) is 12.1 Å². The fraction of sp³-hybridized carbons (Fsp3) is 0.500. The molecule has 19 heavy (non-hydrogen) atoms. The normalized spacial score (nSPS) is 22.4. The second-order valence-corrected chi connectivity index (χ2v) is 4.72. The SMILES string of the molecule is NC[C@H]1CC[C@@H](C(=O)Nc2ccc(CCO)cc2)O1. The lowest BCUT2D eigenvalue weighted by atomic mass is 10.1. The Morgan fingerprint density at radius 3 is 2.68 bits per heavy atom. The molecule has 0 aromatic heterocycles. The Bertz CT molecular complexity index is 419. The molecule has 2 atom stereocenters. The number of nitrogens with one attached hydrogen (secondary N) is 1. The van der Waals surface area contributed by atoms with Crippen LogP contribution in [-0.2, 0) is 16.0 Å². The van der Waals surface area contributed by atoms with Crippen LogP contribution in [0.25, 0.3) is 0 Å². The molecule has 0 bridgehead atoms. The molecule has 0 spiro atoms. The van der Waals surface area contributed by atoms with E-state index >= 15 is 0 Å². The van der Waals surface area contributed by atoms with Gasteiger partial charge in [0, 0.05) is 18.8 Å². The van der Waals surface area contributed by atoms with Crippen LogP contribution in [0.1, 0.15) is 18.4 Å². The van der Waals surface area contributed by atoms with E-state index in [1.54, 1.807) is 0 Å². The third-order valence-electron chi connectivity index (χ3n) is 3.28. The number of aliphatic hydroxyl groups is 1. The molecule has 0 unspecified atom stereocenters. The minimum absolute atomic E-state index is 0.00248. The van der Waals surface area contributed by atoms with E-state index in [9.17, 15) is 4.79 Å². The second kappa shape index (κ2) is 6.65. The molecule has 1 heterocycles. The molecule has 1 aliphatic heterocycles. The van der Waals surface area contributed by atoms with Crippen molar-refractivity contribution in [2.24, 2.45) is 5.73 Å². The molecule has 1 saturated heterocycles. The van der Waals surface area contributed by atoms with Crippen LogP contribution >= 0.6 is 0 Å². The largest absolute Gasteiger partial charge is 0.396 e. The van der Waals surface area contributed by atoms with Gasteiger partial charge in [-0.3, -0.25) is 4.79 Å². The van der Waals surface area contributed by atoms with E-state index in [2.05, 4.69) is 5.32 Å². The van der Waals surface area contributed by atoms with Crippen LogP contribution in [0.2, 0.25) is 0 Å². The number of ether oxygens (including phenoxy) is 1. The first-order chi connectivity index (χ1) is 9.22. The number of anilines is 1. The summed E-state index contributed by atoms with van der Waals surface area (Å²) in [6.45, 7) is 0.585. The van der Waals surface area contributed by atoms with Crippen LogP contribution in [0.4, 0.5) is 5.69 Å². The highest BCUT2D eigenvalue weighted by atomic mass is 16.5. The van der Waals surface area contributed by atoms with E-state index in [4.69, 9.17) is 15.6 Å². The fourth-order valence-electron chi connectivity index (χ4n) is 2.18. The van der Waals surface area contributed by atoms with Crippen LogP contribution in [0, 0.1) is 0 Å². The predicted molar refractivity (Wildman–Crippen MR) is 72.8 cm³/mol. The summed E-state index contributed by atoms with van der Waals surface area (Å²) in [5, 5.41) is 11.7. The average Bonchev–Trinajstić information content (AvgIpc) is 2.90. The first-order valence-corrected chi connectivity index (χ1v) is 6.59. The van der Waals surface area contributed by atoms with Crippen molar-refractivity contribution in [1.29, 1.82) is 0 Å². The summed E-state index contributed by atoms with van der Waals surface area (Å²) in [5.74, 6) is -0.120. The van der Waals surface area contributed by atoms with E-state index in [1.807, 2.05) is 24.3 Å². The van der Waals surface area contributed by atoms with Gasteiger partial charge in [0.15, 0.2) is 0 Å². The monoisotopic (exact) mass is 264 g/mol. The Kier molecular flexibility index (Phi) is 4.90. The molecule has 5 nitrogen and oxygen atoms in total. The molecule has 2 rings (SSSR count). The minimum Gasteiger partial charge on any atom is -0.396 e. The van der Waals surface area contributed by atoms with Gasteiger partial charge in [0.2, 0.25) is 0 Å². The summed E-state index contributed by atoms with van der Waals surface area (Å²) in [4.78, 5) is 12.0. The zero-order valence-corrected chi connectivity index (χ0v) is 10.8. The molecule has 0 aliphatic carbocycles. The lowest BCUT2D eigenvalue weighted by molar-refractivity contribution is -0.126. The van der Waals surface area contributed by atoms with Crippen LogP contribution < -0.4 is 11.1 Å². The smallest absolute Gasteiger partial charge is 0.253 e. The Labute approximate surface area is 112 Å². The summed E-state index contributed by atoms with van der Waals surface area (Å²) in [7, 11) is 0. The predicted octanol–water partition coefficient (Wildman–Crippen LogP) is 0.666. The molecule has 104 valence electrons. The van der Waals surface area contributed by atoms with Crippen molar-refractivity contribution in [3.8, 4) is 0 Å².